The molecule has 0 amide bonds. The molecule has 94 valence electrons. The van der Waals surface area contributed by atoms with Crippen molar-refractivity contribution >= 4 is 0 Å². The number of rotatable bonds is 2. The number of hydrogen-bond donors (Lipinski definition) is 1. The minimum atomic E-state index is 0.553. The predicted octanol–water partition coefficient (Wildman–Crippen LogP) is 2.02. The number of aromatic nitrogens is 3. The molecular formula is C13H22N4. The highest BCUT2D eigenvalue weighted by molar-refractivity contribution is 5.08. The first kappa shape index (κ1) is 11.2. The Labute approximate surface area is 103 Å². The predicted molar refractivity (Wildman–Crippen MR) is 67.0 cm³/mol. The molecule has 1 aliphatic heterocycles. The first-order valence-electron chi connectivity index (χ1n) is 6.89. The molecule has 0 radical (unpaired) electrons. The average Bonchev–Trinajstić information content (AvgIpc) is 2.98. The van der Waals surface area contributed by atoms with E-state index in [1.54, 1.807) is 0 Å². The van der Waals surface area contributed by atoms with E-state index >= 15 is 0 Å². The normalized spacial score (nSPS) is 30.2. The van der Waals surface area contributed by atoms with Gasteiger partial charge >= 0.3 is 0 Å². The summed E-state index contributed by atoms with van der Waals surface area (Å²) >= 11 is 0. The van der Waals surface area contributed by atoms with Gasteiger partial charge in [-0.2, -0.15) is 0 Å². The fourth-order valence-electron chi connectivity index (χ4n) is 3.41. The molecule has 2 aliphatic rings. The Morgan fingerprint density at radius 3 is 2.59 bits per heavy atom. The van der Waals surface area contributed by atoms with Gasteiger partial charge in [-0.25, -0.2) is 0 Å². The van der Waals surface area contributed by atoms with Gasteiger partial charge in [-0.05, 0) is 32.2 Å². The Balaban J connectivity index is 1.93. The van der Waals surface area contributed by atoms with Crippen molar-refractivity contribution in [3.05, 3.63) is 11.6 Å². The Kier molecular flexibility index (Phi) is 2.90. The van der Waals surface area contributed by atoms with Crippen LogP contribution in [-0.2, 0) is 0 Å². The average molecular weight is 234 g/mol. The van der Waals surface area contributed by atoms with Gasteiger partial charge in [0.25, 0.3) is 0 Å². The highest BCUT2D eigenvalue weighted by Gasteiger charge is 2.32. The zero-order valence-electron chi connectivity index (χ0n) is 10.8. The number of nitrogens with zero attached hydrogens (tertiary/aromatic N) is 3. The van der Waals surface area contributed by atoms with E-state index in [1.807, 2.05) is 0 Å². The zero-order valence-corrected chi connectivity index (χ0v) is 10.8. The van der Waals surface area contributed by atoms with Crippen LogP contribution in [0, 0.1) is 12.8 Å². The van der Waals surface area contributed by atoms with E-state index in [1.165, 1.54) is 31.5 Å². The van der Waals surface area contributed by atoms with Crippen molar-refractivity contribution in [3.8, 4) is 0 Å². The largest absolute Gasteiger partial charge is 0.316 e. The fourth-order valence-corrected chi connectivity index (χ4v) is 3.41. The van der Waals surface area contributed by atoms with Crippen LogP contribution in [0.2, 0.25) is 0 Å². The summed E-state index contributed by atoms with van der Waals surface area (Å²) in [5.74, 6) is 3.56. The summed E-state index contributed by atoms with van der Waals surface area (Å²) in [6, 6.07) is 0.660. The van der Waals surface area contributed by atoms with Crippen molar-refractivity contribution in [2.45, 2.75) is 51.5 Å². The highest BCUT2D eigenvalue weighted by Crippen LogP contribution is 2.35. The van der Waals surface area contributed by atoms with E-state index in [9.17, 15) is 0 Å². The fraction of sp³-hybridized carbons (Fsp3) is 0.846. The van der Waals surface area contributed by atoms with E-state index in [0.29, 0.717) is 17.9 Å². The smallest absolute Gasteiger partial charge is 0.137 e. The third-order valence-corrected chi connectivity index (χ3v) is 4.43. The minimum absolute atomic E-state index is 0.553. The van der Waals surface area contributed by atoms with E-state index < -0.39 is 0 Å². The Morgan fingerprint density at radius 1 is 1.18 bits per heavy atom. The first-order chi connectivity index (χ1) is 8.27. The second kappa shape index (κ2) is 4.41. The van der Waals surface area contributed by atoms with E-state index in [-0.39, 0.29) is 0 Å². The van der Waals surface area contributed by atoms with Gasteiger partial charge in [0.2, 0.25) is 0 Å². The summed E-state index contributed by atoms with van der Waals surface area (Å²) < 4.78 is 2.43. The summed E-state index contributed by atoms with van der Waals surface area (Å²) in [6.45, 7) is 6.59. The molecule has 1 saturated heterocycles. The molecule has 0 spiro atoms. The Morgan fingerprint density at radius 2 is 1.94 bits per heavy atom. The minimum Gasteiger partial charge on any atom is -0.316 e. The molecule has 2 fully saturated rings. The quantitative estimate of drug-likeness (QED) is 0.851. The summed E-state index contributed by atoms with van der Waals surface area (Å²) in [5, 5.41) is 12.3. The third-order valence-electron chi connectivity index (χ3n) is 4.43. The van der Waals surface area contributed by atoms with Crippen LogP contribution in [0.4, 0.5) is 0 Å². The topological polar surface area (TPSA) is 42.7 Å². The van der Waals surface area contributed by atoms with Crippen LogP contribution in [0.25, 0.3) is 0 Å². The van der Waals surface area contributed by atoms with Crippen LogP contribution < -0.4 is 5.32 Å². The molecule has 2 atom stereocenters. The van der Waals surface area contributed by atoms with Crippen LogP contribution in [0.5, 0.6) is 0 Å². The summed E-state index contributed by atoms with van der Waals surface area (Å²) in [7, 11) is 0. The second-order valence-electron chi connectivity index (χ2n) is 5.66. The van der Waals surface area contributed by atoms with Crippen LogP contribution in [0.1, 0.15) is 56.2 Å². The maximum atomic E-state index is 4.47. The molecule has 4 heteroatoms. The molecule has 1 aliphatic carbocycles. The maximum absolute atomic E-state index is 4.47. The number of aryl methyl sites for hydroxylation is 1. The summed E-state index contributed by atoms with van der Waals surface area (Å²) in [6.07, 6.45) is 5.33. The van der Waals surface area contributed by atoms with Crippen molar-refractivity contribution < 1.29 is 0 Å². The van der Waals surface area contributed by atoms with Crippen LogP contribution in [-0.4, -0.2) is 27.9 Å². The van der Waals surface area contributed by atoms with Crippen molar-refractivity contribution in [1.82, 2.24) is 20.1 Å². The Hall–Kier alpha value is -0.900. The standard InChI is InChI=1S/C13H22N4/c1-9-7-14-8-12(9)13-16-15-10(2)17(13)11-5-3-4-6-11/h9,11-12,14H,3-8H2,1-2H3/t9-,12-/m1/s1. The highest BCUT2D eigenvalue weighted by atomic mass is 15.3. The third kappa shape index (κ3) is 1.88. The van der Waals surface area contributed by atoms with Crippen molar-refractivity contribution in [1.29, 1.82) is 0 Å². The molecule has 1 aromatic rings. The molecule has 1 N–H and O–H groups in total. The lowest BCUT2D eigenvalue weighted by molar-refractivity contribution is 0.445. The molecule has 17 heavy (non-hydrogen) atoms. The SMILES string of the molecule is Cc1nnc([C@@H]2CNC[C@H]2C)n1C1CCCC1. The maximum Gasteiger partial charge on any atom is 0.137 e. The van der Waals surface area contributed by atoms with Crippen molar-refractivity contribution in [2.75, 3.05) is 13.1 Å². The van der Waals surface area contributed by atoms with Gasteiger partial charge in [0, 0.05) is 18.5 Å². The van der Waals surface area contributed by atoms with E-state index in [4.69, 9.17) is 0 Å². The molecule has 3 rings (SSSR count). The lowest BCUT2D eigenvalue weighted by atomic mass is 9.97. The lowest BCUT2D eigenvalue weighted by Gasteiger charge is -2.20. The van der Waals surface area contributed by atoms with Gasteiger partial charge in [0.05, 0.1) is 0 Å². The van der Waals surface area contributed by atoms with Gasteiger partial charge in [-0.15, -0.1) is 10.2 Å². The zero-order chi connectivity index (χ0) is 11.8. The molecule has 1 aromatic heterocycles. The molecule has 0 bridgehead atoms. The van der Waals surface area contributed by atoms with Crippen molar-refractivity contribution in [2.24, 2.45) is 5.92 Å². The van der Waals surface area contributed by atoms with Crippen LogP contribution in [0.3, 0.4) is 0 Å². The summed E-state index contributed by atoms with van der Waals surface area (Å²) in [4.78, 5) is 0. The molecule has 1 saturated carbocycles. The monoisotopic (exact) mass is 234 g/mol. The van der Waals surface area contributed by atoms with Gasteiger partial charge in [0.15, 0.2) is 0 Å². The van der Waals surface area contributed by atoms with Gasteiger partial charge in [-0.1, -0.05) is 19.8 Å². The first-order valence-corrected chi connectivity index (χ1v) is 6.89. The van der Waals surface area contributed by atoms with Gasteiger partial charge in [0.1, 0.15) is 11.6 Å². The number of nitrogens with one attached hydrogen (secondary N) is 1. The lowest BCUT2D eigenvalue weighted by Crippen LogP contribution is -2.18. The van der Waals surface area contributed by atoms with Crippen molar-refractivity contribution in [3.63, 3.8) is 0 Å². The second-order valence-corrected chi connectivity index (χ2v) is 5.66. The van der Waals surface area contributed by atoms with E-state index in [2.05, 4.69) is 33.9 Å². The molecular weight excluding hydrogens is 212 g/mol. The van der Waals surface area contributed by atoms with Gasteiger partial charge < -0.3 is 9.88 Å². The van der Waals surface area contributed by atoms with Gasteiger partial charge in [-0.3, -0.25) is 0 Å². The van der Waals surface area contributed by atoms with Crippen LogP contribution >= 0.6 is 0 Å². The molecule has 4 nitrogen and oxygen atoms in total. The van der Waals surface area contributed by atoms with E-state index in [0.717, 1.165) is 18.9 Å². The number of hydrogen-bond acceptors (Lipinski definition) is 3. The molecule has 0 unspecified atom stereocenters. The summed E-state index contributed by atoms with van der Waals surface area (Å²) in [5.41, 5.74) is 0. The van der Waals surface area contributed by atoms with Crippen LogP contribution in [0.15, 0.2) is 0 Å². The Bertz CT molecular complexity index is 392. The molecule has 0 aromatic carbocycles. The molecule has 2 heterocycles.